The Bertz CT molecular complexity index is 658. The molecular formula is C11H7F3N2O2S. The smallest absolute Gasteiger partial charge is 0.355 e. The first-order valence-electron chi connectivity index (χ1n) is 5.00. The van der Waals surface area contributed by atoms with Crippen LogP contribution < -0.4 is 5.32 Å². The molecule has 0 unspecified atom stereocenters. The van der Waals surface area contributed by atoms with Crippen molar-refractivity contribution < 1.29 is 23.1 Å². The van der Waals surface area contributed by atoms with Crippen molar-refractivity contribution in [3.63, 3.8) is 0 Å². The number of nitrogens with zero attached hydrogens (tertiary/aromatic N) is 1. The van der Waals surface area contributed by atoms with Gasteiger partial charge in [0.05, 0.1) is 5.69 Å². The van der Waals surface area contributed by atoms with E-state index in [0.29, 0.717) is 17.0 Å². The van der Waals surface area contributed by atoms with Gasteiger partial charge in [0.1, 0.15) is 5.82 Å². The molecule has 0 spiro atoms. The fourth-order valence-electron chi connectivity index (χ4n) is 1.38. The number of aromatic nitrogens is 1. The van der Waals surface area contributed by atoms with Gasteiger partial charge in [0.25, 0.3) is 0 Å². The van der Waals surface area contributed by atoms with Gasteiger partial charge in [-0.3, -0.25) is 0 Å². The van der Waals surface area contributed by atoms with Crippen LogP contribution in [0.15, 0.2) is 12.1 Å². The standard InChI is InChI=1S/C11H7F3N2O2S/c1-4-9(10(17)18)16-11(19-4)15-8-3-6(13)5(12)2-7(8)14/h2-3H,1H3,(H,15,16)(H,17,18). The molecule has 1 aromatic carbocycles. The first-order chi connectivity index (χ1) is 8.88. The van der Waals surface area contributed by atoms with Crippen molar-refractivity contribution in [2.75, 3.05) is 5.32 Å². The molecule has 100 valence electrons. The van der Waals surface area contributed by atoms with Crippen LogP contribution in [0, 0.1) is 24.4 Å². The second-order valence-corrected chi connectivity index (χ2v) is 4.80. The Kier molecular flexibility index (Phi) is 3.43. The van der Waals surface area contributed by atoms with Gasteiger partial charge >= 0.3 is 5.97 Å². The molecule has 2 N–H and O–H groups in total. The van der Waals surface area contributed by atoms with Gasteiger partial charge in [0.15, 0.2) is 22.5 Å². The molecule has 1 heterocycles. The van der Waals surface area contributed by atoms with Crippen LogP contribution in [-0.4, -0.2) is 16.1 Å². The monoisotopic (exact) mass is 288 g/mol. The Morgan fingerprint density at radius 2 is 1.89 bits per heavy atom. The summed E-state index contributed by atoms with van der Waals surface area (Å²) in [6.07, 6.45) is 0. The first-order valence-corrected chi connectivity index (χ1v) is 5.82. The van der Waals surface area contributed by atoms with Crippen LogP contribution in [-0.2, 0) is 0 Å². The molecule has 0 aliphatic carbocycles. The van der Waals surface area contributed by atoms with Crippen LogP contribution in [0.4, 0.5) is 24.0 Å². The summed E-state index contributed by atoms with van der Waals surface area (Å²) in [5, 5.41) is 11.3. The third-order valence-corrected chi connectivity index (χ3v) is 3.14. The van der Waals surface area contributed by atoms with Crippen LogP contribution in [0.1, 0.15) is 15.4 Å². The van der Waals surface area contributed by atoms with Gasteiger partial charge in [0.2, 0.25) is 0 Å². The predicted molar refractivity (Wildman–Crippen MR) is 63.4 cm³/mol. The van der Waals surface area contributed by atoms with E-state index >= 15 is 0 Å². The van der Waals surface area contributed by atoms with Gasteiger partial charge in [-0.1, -0.05) is 0 Å². The molecule has 19 heavy (non-hydrogen) atoms. The highest BCUT2D eigenvalue weighted by Crippen LogP contribution is 2.27. The van der Waals surface area contributed by atoms with Crippen LogP contribution in [0.25, 0.3) is 0 Å². The Hall–Kier alpha value is -2.09. The Labute approximate surface area is 109 Å². The molecule has 0 atom stereocenters. The lowest BCUT2D eigenvalue weighted by molar-refractivity contribution is 0.0690. The highest BCUT2D eigenvalue weighted by atomic mass is 32.1. The number of carbonyl (C=O) groups is 1. The molecule has 1 aromatic heterocycles. The zero-order valence-corrected chi connectivity index (χ0v) is 10.3. The summed E-state index contributed by atoms with van der Waals surface area (Å²) in [6, 6.07) is 1.04. The summed E-state index contributed by atoms with van der Waals surface area (Å²) in [5.41, 5.74) is -0.486. The zero-order chi connectivity index (χ0) is 14.2. The van der Waals surface area contributed by atoms with Crippen LogP contribution in [0.2, 0.25) is 0 Å². The van der Waals surface area contributed by atoms with Crippen molar-refractivity contribution in [2.45, 2.75) is 6.92 Å². The molecule has 0 radical (unpaired) electrons. The summed E-state index contributed by atoms with van der Waals surface area (Å²) < 4.78 is 39.1. The minimum atomic E-state index is -1.30. The number of thiazole rings is 1. The lowest BCUT2D eigenvalue weighted by Gasteiger charge is -2.04. The maximum atomic E-state index is 13.4. The molecule has 2 rings (SSSR count). The van der Waals surface area contributed by atoms with Gasteiger partial charge in [0, 0.05) is 17.0 Å². The number of nitrogens with one attached hydrogen (secondary N) is 1. The van der Waals surface area contributed by atoms with Crippen molar-refractivity contribution in [1.29, 1.82) is 0 Å². The van der Waals surface area contributed by atoms with E-state index < -0.39 is 23.4 Å². The number of halogens is 3. The van der Waals surface area contributed by atoms with Crippen molar-refractivity contribution in [3.8, 4) is 0 Å². The maximum Gasteiger partial charge on any atom is 0.355 e. The number of anilines is 2. The number of rotatable bonds is 3. The Morgan fingerprint density at radius 1 is 1.26 bits per heavy atom. The summed E-state index contributed by atoms with van der Waals surface area (Å²) in [7, 11) is 0. The minimum Gasteiger partial charge on any atom is -0.476 e. The third-order valence-electron chi connectivity index (χ3n) is 2.25. The first kappa shape index (κ1) is 13.3. The van der Waals surface area contributed by atoms with Gasteiger partial charge in [-0.25, -0.2) is 22.9 Å². The van der Waals surface area contributed by atoms with E-state index in [4.69, 9.17) is 5.11 Å². The molecule has 0 aliphatic rings. The number of benzene rings is 1. The van der Waals surface area contributed by atoms with E-state index in [-0.39, 0.29) is 16.5 Å². The number of hydrogen-bond donors (Lipinski definition) is 2. The van der Waals surface area contributed by atoms with Gasteiger partial charge in [-0.2, -0.15) is 0 Å². The molecule has 0 aliphatic heterocycles. The van der Waals surface area contributed by atoms with Crippen LogP contribution >= 0.6 is 11.3 Å². The average molecular weight is 288 g/mol. The minimum absolute atomic E-state index is 0.0832. The molecule has 8 heteroatoms. The number of hydrogen-bond acceptors (Lipinski definition) is 4. The summed E-state index contributed by atoms with van der Waals surface area (Å²) >= 11 is 0.970. The number of aromatic carboxylic acids is 1. The van der Waals surface area contributed by atoms with Crippen molar-refractivity contribution >= 4 is 28.1 Å². The maximum absolute atomic E-state index is 13.4. The lowest BCUT2D eigenvalue weighted by Crippen LogP contribution is -2.00. The van der Waals surface area contributed by atoms with Gasteiger partial charge < -0.3 is 10.4 Å². The van der Waals surface area contributed by atoms with E-state index in [0.717, 1.165) is 11.3 Å². The van der Waals surface area contributed by atoms with E-state index in [9.17, 15) is 18.0 Å². The summed E-state index contributed by atoms with van der Waals surface area (Å²) in [6.45, 7) is 1.54. The van der Waals surface area contributed by atoms with Crippen molar-refractivity contribution in [1.82, 2.24) is 4.98 Å². The van der Waals surface area contributed by atoms with E-state index in [1.807, 2.05) is 0 Å². The van der Waals surface area contributed by atoms with Crippen molar-refractivity contribution in [3.05, 3.63) is 40.2 Å². The van der Waals surface area contributed by atoms with Crippen molar-refractivity contribution in [2.24, 2.45) is 0 Å². The fraction of sp³-hybridized carbons (Fsp3) is 0.0909. The van der Waals surface area contributed by atoms with Crippen LogP contribution in [0.5, 0.6) is 0 Å². The highest BCUT2D eigenvalue weighted by Gasteiger charge is 2.16. The SMILES string of the molecule is Cc1sc(Nc2cc(F)c(F)cc2F)nc1C(=O)O. The molecule has 0 fully saturated rings. The van der Waals surface area contributed by atoms with E-state index in [1.165, 1.54) is 6.92 Å². The fourth-order valence-corrected chi connectivity index (χ4v) is 2.20. The van der Waals surface area contributed by atoms with E-state index in [1.54, 1.807) is 0 Å². The Morgan fingerprint density at radius 3 is 2.47 bits per heavy atom. The zero-order valence-electron chi connectivity index (χ0n) is 9.50. The molecule has 0 bridgehead atoms. The molecule has 0 saturated heterocycles. The number of carboxylic acids is 1. The second-order valence-electron chi connectivity index (χ2n) is 3.60. The summed E-state index contributed by atoms with van der Waals surface area (Å²) in [4.78, 5) is 14.9. The second kappa shape index (κ2) is 4.88. The Balaban J connectivity index is 2.34. The van der Waals surface area contributed by atoms with Gasteiger partial charge in [-0.15, -0.1) is 11.3 Å². The lowest BCUT2D eigenvalue weighted by atomic mass is 10.3. The topological polar surface area (TPSA) is 62.2 Å². The third kappa shape index (κ3) is 2.68. The predicted octanol–water partition coefficient (Wildman–Crippen LogP) is 3.31. The van der Waals surface area contributed by atoms with E-state index in [2.05, 4.69) is 10.3 Å². The summed E-state index contributed by atoms with van der Waals surface area (Å²) in [5.74, 6) is -4.73. The highest BCUT2D eigenvalue weighted by molar-refractivity contribution is 7.15. The largest absolute Gasteiger partial charge is 0.476 e. The number of aryl methyl sites for hydroxylation is 1. The van der Waals surface area contributed by atoms with Gasteiger partial charge in [-0.05, 0) is 6.92 Å². The molecular weight excluding hydrogens is 281 g/mol. The average Bonchev–Trinajstić information content (AvgIpc) is 2.67. The molecule has 0 amide bonds. The molecule has 4 nitrogen and oxygen atoms in total. The normalized spacial score (nSPS) is 10.5. The number of carboxylic acid groups (broad SMARTS) is 1. The quantitative estimate of drug-likeness (QED) is 0.851. The molecule has 2 aromatic rings. The van der Waals surface area contributed by atoms with Crippen LogP contribution in [0.3, 0.4) is 0 Å². The molecule has 0 saturated carbocycles.